The third-order valence-corrected chi connectivity index (χ3v) is 3.07. The third-order valence-electron chi connectivity index (χ3n) is 3.07. The van der Waals surface area contributed by atoms with E-state index < -0.39 is 11.8 Å². The predicted molar refractivity (Wildman–Crippen MR) is 75.4 cm³/mol. The number of hydrogen-bond acceptors (Lipinski definition) is 3. The van der Waals surface area contributed by atoms with Crippen molar-refractivity contribution in [1.29, 1.82) is 0 Å². The van der Waals surface area contributed by atoms with E-state index in [4.69, 9.17) is 14.6 Å². The summed E-state index contributed by atoms with van der Waals surface area (Å²) < 4.78 is 24.2. The van der Waals surface area contributed by atoms with Gasteiger partial charge in [0.15, 0.2) is 0 Å². The van der Waals surface area contributed by atoms with Crippen LogP contribution in [0.3, 0.4) is 0 Å². The maximum absolute atomic E-state index is 13.8. The van der Waals surface area contributed by atoms with Gasteiger partial charge in [-0.05, 0) is 42.8 Å². The van der Waals surface area contributed by atoms with Crippen LogP contribution in [-0.2, 0) is 6.61 Å². The monoisotopic (exact) mass is 290 g/mol. The molecule has 21 heavy (non-hydrogen) atoms. The van der Waals surface area contributed by atoms with Gasteiger partial charge in [-0.25, -0.2) is 9.18 Å². The lowest BCUT2D eigenvalue weighted by Crippen LogP contribution is -2.02. The molecule has 4 nitrogen and oxygen atoms in total. The Hall–Kier alpha value is -2.56. The molecule has 0 amide bonds. The van der Waals surface area contributed by atoms with E-state index in [2.05, 4.69) is 0 Å². The molecule has 5 heteroatoms. The van der Waals surface area contributed by atoms with Gasteiger partial charge in [-0.2, -0.15) is 0 Å². The molecule has 0 saturated heterocycles. The lowest BCUT2D eigenvalue weighted by molar-refractivity contribution is 0.0696. The van der Waals surface area contributed by atoms with Crippen molar-refractivity contribution in [1.82, 2.24) is 0 Å². The maximum Gasteiger partial charge on any atom is 0.335 e. The molecule has 0 unspecified atom stereocenters. The fourth-order valence-electron chi connectivity index (χ4n) is 1.87. The summed E-state index contributed by atoms with van der Waals surface area (Å²) in [5.74, 6) is -0.437. The maximum atomic E-state index is 13.8. The summed E-state index contributed by atoms with van der Waals surface area (Å²) in [6.07, 6.45) is 0. The zero-order chi connectivity index (χ0) is 15.4. The second kappa shape index (κ2) is 6.26. The Morgan fingerprint density at radius 2 is 2.00 bits per heavy atom. The Morgan fingerprint density at radius 3 is 2.57 bits per heavy atom. The summed E-state index contributed by atoms with van der Waals surface area (Å²) >= 11 is 0. The number of carbonyl (C=O) groups is 1. The fourth-order valence-corrected chi connectivity index (χ4v) is 1.87. The van der Waals surface area contributed by atoms with Crippen molar-refractivity contribution >= 4 is 5.97 Å². The quantitative estimate of drug-likeness (QED) is 0.916. The zero-order valence-corrected chi connectivity index (χ0v) is 11.7. The predicted octanol–water partition coefficient (Wildman–Crippen LogP) is 3.42. The number of ether oxygens (including phenoxy) is 2. The molecule has 2 aromatic carbocycles. The first kappa shape index (κ1) is 14.8. The minimum atomic E-state index is -0.995. The molecular formula is C16H15FO4. The molecule has 0 aromatic heterocycles. The van der Waals surface area contributed by atoms with Gasteiger partial charge in [0.05, 0.1) is 12.7 Å². The van der Waals surface area contributed by atoms with Gasteiger partial charge in [0.1, 0.15) is 23.9 Å². The van der Waals surface area contributed by atoms with E-state index in [1.165, 1.54) is 25.3 Å². The van der Waals surface area contributed by atoms with Gasteiger partial charge in [-0.1, -0.05) is 0 Å². The molecule has 0 fully saturated rings. The molecule has 110 valence electrons. The Labute approximate surface area is 121 Å². The van der Waals surface area contributed by atoms with Gasteiger partial charge < -0.3 is 14.6 Å². The second-order valence-corrected chi connectivity index (χ2v) is 4.53. The minimum absolute atomic E-state index is 0.0586. The molecule has 0 aliphatic carbocycles. The molecule has 1 N–H and O–H groups in total. The number of methoxy groups -OCH3 is 1. The number of carboxylic acids is 1. The van der Waals surface area contributed by atoms with Crippen LogP contribution in [0.2, 0.25) is 0 Å². The first-order valence-corrected chi connectivity index (χ1v) is 6.30. The first-order valence-electron chi connectivity index (χ1n) is 6.30. The smallest absolute Gasteiger partial charge is 0.335 e. The molecule has 0 spiro atoms. The molecular weight excluding hydrogens is 275 g/mol. The number of benzene rings is 2. The minimum Gasteiger partial charge on any atom is -0.497 e. The zero-order valence-electron chi connectivity index (χ0n) is 11.7. The van der Waals surface area contributed by atoms with E-state index >= 15 is 0 Å². The van der Waals surface area contributed by atoms with Crippen LogP contribution < -0.4 is 9.47 Å². The number of aromatic carboxylic acids is 1. The van der Waals surface area contributed by atoms with E-state index in [9.17, 15) is 9.18 Å². The Bertz CT molecular complexity index is 667. The highest BCUT2D eigenvalue weighted by atomic mass is 19.1. The van der Waals surface area contributed by atoms with Gasteiger partial charge >= 0.3 is 5.97 Å². The molecule has 0 atom stereocenters. The third kappa shape index (κ3) is 3.51. The van der Waals surface area contributed by atoms with Crippen molar-refractivity contribution in [3.63, 3.8) is 0 Å². The van der Waals surface area contributed by atoms with Crippen LogP contribution >= 0.6 is 0 Å². The van der Waals surface area contributed by atoms with Crippen molar-refractivity contribution in [3.05, 3.63) is 58.9 Å². The lowest BCUT2D eigenvalue weighted by Gasteiger charge is -2.11. The second-order valence-electron chi connectivity index (χ2n) is 4.53. The van der Waals surface area contributed by atoms with Crippen LogP contribution in [0.25, 0.3) is 0 Å². The molecule has 0 saturated carbocycles. The molecule has 2 aromatic rings. The Kier molecular flexibility index (Phi) is 4.42. The van der Waals surface area contributed by atoms with Crippen LogP contribution in [0.15, 0.2) is 36.4 Å². The van der Waals surface area contributed by atoms with Crippen LogP contribution in [0.4, 0.5) is 4.39 Å². The highest BCUT2D eigenvalue weighted by Gasteiger charge is 2.09. The van der Waals surface area contributed by atoms with Gasteiger partial charge in [-0.3, -0.25) is 0 Å². The van der Waals surface area contributed by atoms with Crippen molar-refractivity contribution < 1.29 is 23.8 Å². The van der Waals surface area contributed by atoms with Crippen molar-refractivity contribution in [2.24, 2.45) is 0 Å². The molecule has 0 bridgehead atoms. The summed E-state index contributed by atoms with van der Waals surface area (Å²) in [5.41, 5.74) is 1.27. The highest BCUT2D eigenvalue weighted by molar-refractivity contribution is 5.88. The summed E-state index contributed by atoms with van der Waals surface area (Å²) in [4.78, 5) is 10.8. The summed E-state index contributed by atoms with van der Waals surface area (Å²) in [6, 6.07) is 9.08. The van der Waals surface area contributed by atoms with Gasteiger partial charge in [0.2, 0.25) is 0 Å². The van der Waals surface area contributed by atoms with Crippen LogP contribution in [0.5, 0.6) is 11.5 Å². The molecule has 0 aliphatic heterocycles. The van der Waals surface area contributed by atoms with E-state index in [0.717, 1.165) is 0 Å². The lowest BCUT2D eigenvalue weighted by atomic mass is 10.1. The number of aryl methyl sites for hydroxylation is 1. The van der Waals surface area contributed by atoms with Crippen LogP contribution in [0, 0.1) is 12.7 Å². The van der Waals surface area contributed by atoms with E-state index in [1.807, 2.05) is 0 Å². The summed E-state index contributed by atoms with van der Waals surface area (Å²) in [7, 11) is 1.47. The summed E-state index contributed by atoms with van der Waals surface area (Å²) in [6.45, 7) is 1.80. The molecule has 2 rings (SSSR count). The van der Waals surface area contributed by atoms with Gasteiger partial charge in [0, 0.05) is 11.6 Å². The molecule has 0 radical (unpaired) electrons. The molecule has 0 heterocycles. The fraction of sp³-hybridized carbons (Fsp3) is 0.188. The molecule has 0 aliphatic rings. The number of rotatable bonds is 5. The topological polar surface area (TPSA) is 55.8 Å². The van der Waals surface area contributed by atoms with E-state index in [0.29, 0.717) is 22.6 Å². The first-order chi connectivity index (χ1) is 10.0. The van der Waals surface area contributed by atoms with Crippen LogP contribution in [0.1, 0.15) is 21.5 Å². The van der Waals surface area contributed by atoms with Crippen molar-refractivity contribution in [2.75, 3.05) is 7.11 Å². The highest BCUT2D eigenvalue weighted by Crippen LogP contribution is 2.22. The van der Waals surface area contributed by atoms with Gasteiger partial charge in [-0.15, -0.1) is 0 Å². The van der Waals surface area contributed by atoms with Crippen molar-refractivity contribution in [2.45, 2.75) is 13.5 Å². The standard InChI is InChI=1S/C16H15FO4/c1-10-7-11(16(18)19)4-6-15(10)21-9-12-3-5-13(20-2)8-14(12)17/h3-8H,9H2,1-2H3,(H,18,19). The van der Waals surface area contributed by atoms with E-state index in [-0.39, 0.29) is 12.2 Å². The number of halogens is 1. The van der Waals surface area contributed by atoms with E-state index in [1.54, 1.807) is 25.1 Å². The van der Waals surface area contributed by atoms with Crippen LogP contribution in [-0.4, -0.2) is 18.2 Å². The Morgan fingerprint density at radius 1 is 1.24 bits per heavy atom. The number of carboxylic acid groups (broad SMARTS) is 1. The van der Waals surface area contributed by atoms with Gasteiger partial charge in [0.25, 0.3) is 0 Å². The average Bonchev–Trinajstić information content (AvgIpc) is 2.46. The Balaban J connectivity index is 2.11. The van der Waals surface area contributed by atoms with Crippen molar-refractivity contribution in [3.8, 4) is 11.5 Å². The summed E-state index contributed by atoms with van der Waals surface area (Å²) in [5, 5.41) is 8.89. The largest absolute Gasteiger partial charge is 0.497 e. The SMILES string of the molecule is COc1ccc(COc2ccc(C(=O)O)cc2C)c(F)c1. The normalized spacial score (nSPS) is 10.2. The average molecular weight is 290 g/mol. The number of hydrogen-bond donors (Lipinski definition) is 1.